The Morgan fingerprint density at radius 2 is 1.96 bits per heavy atom. The van der Waals surface area contributed by atoms with Gasteiger partial charge in [-0.3, -0.25) is 0 Å². The molecule has 3 aromatic heterocycles. The van der Waals surface area contributed by atoms with Gasteiger partial charge in [-0.25, -0.2) is 15.0 Å². The van der Waals surface area contributed by atoms with Gasteiger partial charge in [0, 0.05) is 18.3 Å². The van der Waals surface area contributed by atoms with E-state index in [4.69, 9.17) is 4.74 Å². The number of thiazole rings is 1. The summed E-state index contributed by atoms with van der Waals surface area (Å²) in [6.07, 6.45) is 2.40. The number of rotatable bonds is 6. The lowest BCUT2D eigenvalue weighted by molar-refractivity contribution is 0.477. The van der Waals surface area contributed by atoms with E-state index in [9.17, 15) is 0 Å². The zero-order valence-corrected chi connectivity index (χ0v) is 14.3. The van der Waals surface area contributed by atoms with Crippen LogP contribution in [0.15, 0.2) is 53.5 Å². The Balaban J connectivity index is 1.36. The second-order valence-electron chi connectivity index (χ2n) is 5.06. The van der Waals surface area contributed by atoms with E-state index in [0.29, 0.717) is 5.19 Å². The van der Waals surface area contributed by atoms with Gasteiger partial charge in [-0.1, -0.05) is 29.5 Å². The van der Waals surface area contributed by atoms with Gasteiger partial charge in [0.15, 0.2) is 0 Å². The molecule has 0 aliphatic carbocycles. The number of fused-ring (bicyclic) bond motifs is 1. The van der Waals surface area contributed by atoms with Crippen LogP contribution in [0.5, 0.6) is 10.9 Å². The summed E-state index contributed by atoms with van der Waals surface area (Å²) >= 11 is 3.13. The first-order valence-corrected chi connectivity index (χ1v) is 9.24. The summed E-state index contributed by atoms with van der Waals surface area (Å²) in [5.74, 6) is 1.68. The molecule has 0 saturated carbocycles. The molecule has 3 heterocycles. The fourth-order valence-electron chi connectivity index (χ4n) is 2.28. The van der Waals surface area contributed by atoms with E-state index in [1.807, 2.05) is 47.2 Å². The van der Waals surface area contributed by atoms with Gasteiger partial charge in [-0.05, 0) is 23.6 Å². The van der Waals surface area contributed by atoms with E-state index in [1.54, 1.807) is 17.7 Å². The number of para-hydroxylation sites is 1. The van der Waals surface area contributed by atoms with Crippen molar-refractivity contribution in [1.29, 1.82) is 0 Å². The molecule has 0 spiro atoms. The normalized spacial score (nSPS) is 10.8. The molecular weight excluding hydrogens is 340 g/mol. The first-order chi connectivity index (χ1) is 11.9. The minimum atomic E-state index is 0.665. The molecule has 24 heavy (non-hydrogen) atoms. The van der Waals surface area contributed by atoms with Gasteiger partial charge >= 0.3 is 0 Å². The van der Waals surface area contributed by atoms with Crippen molar-refractivity contribution in [3.8, 4) is 10.9 Å². The van der Waals surface area contributed by atoms with Gasteiger partial charge in [0.2, 0.25) is 0 Å². The quantitative estimate of drug-likeness (QED) is 0.548. The lowest BCUT2D eigenvalue weighted by atomic mass is 10.3. The van der Waals surface area contributed by atoms with Gasteiger partial charge < -0.3 is 10.1 Å². The molecular formula is C17H14N4OS2. The minimum Gasteiger partial charge on any atom is -0.431 e. The number of ether oxygens (including phenoxy) is 1. The highest BCUT2D eigenvalue weighted by atomic mass is 32.1. The van der Waals surface area contributed by atoms with Crippen molar-refractivity contribution >= 4 is 38.7 Å². The molecule has 4 aromatic rings. The molecule has 0 radical (unpaired) electrons. The topological polar surface area (TPSA) is 59.9 Å². The maximum absolute atomic E-state index is 5.74. The maximum atomic E-state index is 5.74. The lowest BCUT2D eigenvalue weighted by Gasteiger charge is -2.05. The number of aromatic nitrogens is 3. The van der Waals surface area contributed by atoms with Crippen LogP contribution in [0.4, 0.5) is 5.82 Å². The van der Waals surface area contributed by atoms with Crippen molar-refractivity contribution in [3.63, 3.8) is 0 Å². The van der Waals surface area contributed by atoms with E-state index in [2.05, 4.69) is 20.3 Å². The number of hydrogen-bond acceptors (Lipinski definition) is 7. The van der Waals surface area contributed by atoms with Crippen LogP contribution in [0.25, 0.3) is 10.2 Å². The average molecular weight is 354 g/mol. The van der Waals surface area contributed by atoms with Crippen molar-refractivity contribution in [3.05, 3.63) is 59.2 Å². The van der Waals surface area contributed by atoms with Gasteiger partial charge in [-0.2, -0.15) is 0 Å². The Morgan fingerprint density at radius 1 is 1.04 bits per heavy atom. The molecule has 7 heteroatoms. The van der Waals surface area contributed by atoms with E-state index in [-0.39, 0.29) is 0 Å². The molecule has 1 aromatic carbocycles. The summed E-state index contributed by atoms with van der Waals surface area (Å²) in [7, 11) is 0. The average Bonchev–Trinajstić information content (AvgIpc) is 3.25. The fourth-order valence-corrected chi connectivity index (χ4v) is 3.73. The predicted octanol–water partition coefficient (Wildman–Crippen LogP) is 4.59. The number of hydrogen-bond donors (Lipinski definition) is 1. The molecule has 4 rings (SSSR count). The molecule has 0 saturated heterocycles. The minimum absolute atomic E-state index is 0.665. The number of benzene rings is 1. The highest BCUT2D eigenvalue weighted by molar-refractivity contribution is 7.16. The zero-order chi connectivity index (χ0) is 16.2. The first kappa shape index (κ1) is 15.0. The molecule has 0 unspecified atom stereocenters. The molecule has 120 valence electrons. The zero-order valence-electron chi connectivity index (χ0n) is 12.7. The molecule has 1 N–H and O–H groups in total. The Hall–Kier alpha value is -2.51. The van der Waals surface area contributed by atoms with Crippen molar-refractivity contribution in [2.24, 2.45) is 0 Å². The van der Waals surface area contributed by atoms with Gasteiger partial charge in [0.25, 0.3) is 5.19 Å². The first-order valence-electron chi connectivity index (χ1n) is 7.48. The van der Waals surface area contributed by atoms with Crippen LogP contribution in [-0.2, 0) is 6.42 Å². The third-order valence-electron chi connectivity index (χ3n) is 3.41. The highest BCUT2D eigenvalue weighted by Crippen LogP contribution is 2.26. The monoisotopic (exact) mass is 354 g/mol. The van der Waals surface area contributed by atoms with Gasteiger partial charge in [0.1, 0.15) is 22.7 Å². The molecule has 0 aliphatic heterocycles. The Labute approximate surface area is 147 Å². The maximum Gasteiger partial charge on any atom is 0.278 e. The smallest absolute Gasteiger partial charge is 0.278 e. The summed E-state index contributed by atoms with van der Waals surface area (Å²) in [5.41, 5.74) is 1.01. The Bertz CT molecular complexity index is 936. The van der Waals surface area contributed by atoms with E-state index in [1.165, 1.54) is 11.3 Å². The van der Waals surface area contributed by atoms with Crippen LogP contribution in [0.1, 0.15) is 5.69 Å². The number of nitrogens with zero attached hydrogens (tertiary/aromatic N) is 3. The largest absolute Gasteiger partial charge is 0.431 e. The van der Waals surface area contributed by atoms with Crippen molar-refractivity contribution in [2.75, 3.05) is 11.9 Å². The second kappa shape index (κ2) is 6.94. The summed E-state index contributed by atoms with van der Waals surface area (Å²) in [4.78, 5) is 14.1. The Morgan fingerprint density at radius 3 is 2.88 bits per heavy atom. The second-order valence-corrected chi connectivity index (χ2v) is 6.77. The van der Waals surface area contributed by atoms with Crippen molar-refractivity contribution < 1.29 is 4.74 Å². The fraction of sp³-hybridized carbons (Fsp3) is 0.118. The van der Waals surface area contributed by atoms with Crippen molar-refractivity contribution in [1.82, 2.24) is 15.0 Å². The van der Waals surface area contributed by atoms with Crippen LogP contribution in [-0.4, -0.2) is 21.5 Å². The van der Waals surface area contributed by atoms with Crippen LogP contribution in [0, 0.1) is 0 Å². The number of thiophene rings is 1. The summed E-state index contributed by atoms with van der Waals surface area (Å²) < 4.78 is 5.74. The molecule has 5 nitrogen and oxygen atoms in total. The SMILES string of the molecule is c1ccc(Oc2nc(CCNc3ncnc4sccc34)cs2)cc1. The van der Waals surface area contributed by atoms with Gasteiger partial charge in [0.05, 0.1) is 11.1 Å². The van der Waals surface area contributed by atoms with E-state index < -0.39 is 0 Å². The third-order valence-corrected chi connectivity index (χ3v) is 5.00. The standard InChI is InChI=1S/C17H14N4OS2/c1-2-4-13(5-3-1)22-17-21-12(10-24-17)6-8-18-15-14-7-9-23-16(14)20-11-19-15/h1-5,7,9-11H,6,8H2,(H,18,19,20). The third kappa shape index (κ3) is 3.37. The van der Waals surface area contributed by atoms with Crippen molar-refractivity contribution in [2.45, 2.75) is 6.42 Å². The van der Waals surface area contributed by atoms with Gasteiger partial charge in [-0.15, -0.1) is 11.3 Å². The summed E-state index contributed by atoms with van der Waals surface area (Å²) in [6, 6.07) is 11.7. The number of nitrogens with one attached hydrogen (secondary N) is 1. The van der Waals surface area contributed by atoms with E-state index in [0.717, 1.165) is 40.4 Å². The predicted molar refractivity (Wildman–Crippen MR) is 98.2 cm³/mol. The van der Waals surface area contributed by atoms with Crippen LogP contribution >= 0.6 is 22.7 Å². The molecule has 0 atom stereocenters. The highest BCUT2D eigenvalue weighted by Gasteiger charge is 2.06. The molecule has 0 bridgehead atoms. The van der Waals surface area contributed by atoms with E-state index >= 15 is 0 Å². The summed E-state index contributed by atoms with van der Waals surface area (Å²) in [5, 5.41) is 9.14. The lowest BCUT2D eigenvalue weighted by Crippen LogP contribution is -2.06. The summed E-state index contributed by atoms with van der Waals surface area (Å²) in [6.45, 7) is 0.760. The van der Waals surface area contributed by atoms with Crippen LogP contribution in [0.2, 0.25) is 0 Å². The molecule has 0 fully saturated rings. The number of anilines is 1. The molecule has 0 aliphatic rings. The van der Waals surface area contributed by atoms with Crippen LogP contribution in [0.3, 0.4) is 0 Å². The molecule has 0 amide bonds. The van der Waals surface area contributed by atoms with Crippen LogP contribution < -0.4 is 10.1 Å². The Kier molecular flexibility index (Phi) is 4.35.